The van der Waals surface area contributed by atoms with Crippen molar-refractivity contribution in [2.75, 3.05) is 19.8 Å². The van der Waals surface area contributed by atoms with Crippen LogP contribution in [0.15, 0.2) is 18.2 Å². The minimum atomic E-state index is -1.19. The first-order valence-corrected chi connectivity index (χ1v) is 10.1. The third-order valence-corrected chi connectivity index (χ3v) is 5.32. The first-order valence-electron chi connectivity index (χ1n) is 10.1. The molecule has 0 radical (unpaired) electrons. The van der Waals surface area contributed by atoms with Crippen LogP contribution in [0, 0.1) is 11.6 Å². The van der Waals surface area contributed by atoms with Gasteiger partial charge in [-0.05, 0) is 44.9 Å². The van der Waals surface area contributed by atoms with E-state index in [2.05, 4.69) is 0 Å². The highest BCUT2D eigenvalue weighted by Crippen LogP contribution is 2.37. The van der Waals surface area contributed by atoms with Crippen LogP contribution in [0.2, 0.25) is 0 Å². The van der Waals surface area contributed by atoms with E-state index < -0.39 is 47.3 Å². The molecule has 2 fully saturated rings. The van der Waals surface area contributed by atoms with Gasteiger partial charge in [0.05, 0.1) is 25.4 Å². The zero-order chi connectivity index (χ0) is 22.1. The maximum absolute atomic E-state index is 13.5. The molecule has 1 spiro atoms. The Morgan fingerprint density at radius 3 is 2.47 bits per heavy atom. The summed E-state index contributed by atoms with van der Waals surface area (Å²) in [5.41, 5.74) is 5.82. The number of carbonyl (C=O) groups excluding carboxylic acids is 1. The van der Waals surface area contributed by atoms with Gasteiger partial charge in [0.25, 0.3) is 0 Å². The standard InChI is InChI=1S/C21H30F2N2O5/c1-20(2,3)30-19(27)25-5-4-21(28-6-7-29-21)12-17(25)18(26)16(24)10-13-8-14(22)11-15(23)9-13/h8-9,11,16-18,26H,4-7,10,12,24H2,1-3H3. The number of aliphatic hydroxyl groups excluding tert-OH is 1. The van der Waals surface area contributed by atoms with Crippen LogP contribution in [0.4, 0.5) is 13.6 Å². The van der Waals surface area contributed by atoms with Crippen LogP contribution in [0.5, 0.6) is 0 Å². The maximum Gasteiger partial charge on any atom is 0.410 e. The summed E-state index contributed by atoms with van der Waals surface area (Å²) in [6.45, 7) is 6.41. The fraction of sp³-hybridized carbons (Fsp3) is 0.667. The Balaban J connectivity index is 1.79. The van der Waals surface area contributed by atoms with Crippen LogP contribution in [-0.4, -0.2) is 65.4 Å². The van der Waals surface area contributed by atoms with Gasteiger partial charge < -0.3 is 30.0 Å². The van der Waals surface area contributed by atoms with Crippen molar-refractivity contribution in [1.82, 2.24) is 4.90 Å². The first kappa shape index (κ1) is 22.9. The van der Waals surface area contributed by atoms with E-state index in [1.54, 1.807) is 20.8 Å². The third-order valence-electron chi connectivity index (χ3n) is 5.32. The predicted octanol–water partition coefficient (Wildman–Crippen LogP) is 2.34. The van der Waals surface area contributed by atoms with E-state index >= 15 is 0 Å². The minimum absolute atomic E-state index is 0.0310. The van der Waals surface area contributed by atoms with Gasteiger partial charge in [0.2, 0.25) is 0 Å². The van der Waals surface area contributed by atoms with Gasteiger partial charge in [0, 0.05) is 31.5 Å². The van der Waals surface area contributed by atoms with Crippen molar-refractivity contribution in [1.29, 1.82) is 0 Å². The second kappa shape index (κ2) is 8.74. The summed E-state index contributed by atoms with van der Waals surface area (Å²) in [7, 11) is 0. The molecule has 0 aliphatic carbocycles. The molecule has 9 heteroatoms. The number of amides is 1. The molecule has 3 atom stereocenters. The molecule has 0 saturated carbocycles. The number of hydrogen-bond donors (Lipinski definition) is 2. The van der Waals surface area contributed by atoms with E-state index in [9.17, 15) is 18.7 Å². The van der Waals surface area contributed by atoms with Crippen molar-refractivity contribution in [2.45, 2.75) is 69.6 Å². The quantitative estimate of drug-likeness (QED) is 0.765. The fourth-order valence-corrected chi connectivity index (χ4v) is 4.01. The lowest BCUT2D eigenvalue weighted by Crippen LogP contribution is -2.61. The molecule has 2 heterocycles. The number of aliphatic hydroxyl groups is 1. The summed E-state index contributed by atoms with van der Waals surface area (Å²) in [4.78, 5) is 14.2. The van der Waals surface area contributed by atoms with Gasteiger partial charge in [0.1, 0.15) is 17.2 Å². The van der Waals surface area contributed by atoms with Gasteiger partial charge in [-0.3, -0.25) is 0 Å². The van der Waals surface area contributed by atoms with Gasteiger partial charge in [-0.15, -0.1) is 0 Å². The molecule has 30 heavy (non-hydrogen) atoms. The number of benzene rings is 1. The van der Waals surface area contributed by atoms with Gasteiger partial charge in [-0.2, -0.15) is 0 Å². The van der Waals surface area contributed by atoms with Crippen LogP contribution in [0.1, 0.15) is 39.2 Å². The topological polar surface area (TPSA) is 94.2 Å². The Kier molecular flexibility index (Phi) is 6.66. The Morgan fingerprint density at radius 2 is 1.90 bits per heavy atom. The molecule has 3 N–H and O–H groups in total. The Hall–Kier alpha value is -1.81. The van der Waals surface area contributed by atoms with Gasteiger partial charge in [-0.1, -0.05) is 0 Å². The summed E-state index contributed by atoms with van der Waals surface area (Å²) in [5.74, 6) is -2.31. The largest absolute Gasteiger partial charge is 0.444 e. The highest BCUT2D eigenvalue weighted by Gasteiger charge is 2.49. The first-order chi connectivity index (χ1) is 14.0. The molecule has 7 nitrogen and oxygen atoms in total. The third kappa shape index (κ3) is 5.46. The van der Waals surface area contributed by atoms with Crippen molar-refractivity contribution in [3.8, 4) is 0 Å². The van der Waals surface area contributed by atoms with Crippen molar-refractivity contribution in [2.24, 2.45) is 5.73 Å². The predicted molar refractivity (Wildman–Crippen MR) is 105 cm³/mol. The number of carbonyl (C=O) groups is 1. The number of halogens is 2. The van der Waals surface area contributed by atoms with Crippen LogP contribution in [-0.2, 0) is 20.6 Å². The Labute approximate surface area is 175 Å². The molecular weight excluding hydrogens is 398 g/mol. The molecule has 1 aromatic carbocycles. The van der Waals surface area contributed by atoms with Crippen molar-refractivity contribution < 1.29 is 32.9 Å². The van der Waals surface area contributed by atoms with E-state index in [0.29, 0.717) is 25.2 Å². The normalized spacial score (nSPS) is 23.4. The fourth-order valence-electron chi connectivity index (χ4n) is 4.01. The molecule has 3 unspecified atom stereocenters. The smallest absolute Gasteiger partial charge is 0.410 e. The van der Waals surface area contributed by atoms with E-state index in [-0.39, 0.29) is 19.4 Å². The molecule has 2 aliphatic rings. The highest BCUT2D eigenvalue weighted by atomic mass is 19.1. The van der Waals surface area contributed by atoms with Crippen LogP contribution < -0.4 is 5.73 Å². The SMILES string of the molecule is CC(C)(C)OC(=O)N1CCC2(CC1C(O)C(N)Cc1cc(F)cc(F)c1)OCCO2. The van der Waals surface area contributed by atoms with Crippen LogP contribution in [0.25, 0.3) is 0 Å². The molecule has 3 rings (SSSR count). The lowest BCUT2D eigenvalue weighted by molar-refractivity contribution is -0.203. The number of nitrogens with zero attached hydrogens (tertiary/aromatic N) is 1. The number of piperidine rings is 1. The second-order valence-corrected chi connectivity index (χ2v) is 8.94. The minimum Gasteiger partial charge on any atom is -0.444 e. The van der Waals surface area contributed by atoms with Gasteiger partial charge in [-0.25, -0.2) is 13.6 Å². The Bertz CT molecular complexity index is 744. The summed E-state index contributed by atoms with van der Waals surface area (Å²) < 4.78 is 44.1. The zero-order valence-corrected chi connectivity index (χ0v) is 17.6. The molecule has 1 aromatic rings. The molecule has 0 aromatic heterocycles. The molecule has 2 saturated heterocycles. The number of nitrogens with two attached hydrogens (primary N) is 1. The lowest BCUT2D eigenvalue weighted by Gasteiger charge is -2.46. The van der Waals surface area contributed by atoms with Crippen molar-refractivity contribution in [3.05, 3.63) is 35.4 Å². The van der Waals surface area contributed by atoms with E-state index in [0.717, 1.165) is 6.07 Å². The van der Waals surface area contributed by atoms with Crippen LogP contribution in [0.3, 0.4) is 0 Å². The monoisotopic (exact) mass is 428 g/mol. The van der Waals surface area contributed by atoms with Crippen LogP contribution >= 0.6 is 0 Å². The summed E-state index contributed by atoms with van der Waals surface area (Å²) in [6.07, 6.45) is -1.06. The molecule has 168 valence electrons. The van der Waals surface area contributed by atoms with Crippen molar-refractivity contribution >= 4 is 6.09 Å². The lowest BCUT2D eigenvalue weighted by atomic mass is 9.87. The number of hydrogen-bond acceptors (Lipinski definition) is 6. The summed E-state index contributed by atoms with van der Waals surface area (Å²) in [5, 5.41) is 11.0. The van der Waals surface area contributed by atoms with E-state index in [4.69, 9.17) is 19.9 Å². The average Bonchev–Trinajstić information content (AvgIpc) is 3.06. The van der Waals surface area contributed by atoms with E-state index in [1.807, 2.05) is 0 Å². The van der Waals surface area contributed by atoms with Gasteiger partial charge >= 0.3 is 6.09 Å². The number of likely N-dealkylation sites (tertiary alicyclic amines) is 1. The van der Waals surface area contributed by atoms with E-state index in [1.165, 1.54) is 17.0 Å². The van der Waals surface area contributed by atoms with Crippen molar-refractivity contribution in [3.63, 3.8) is 0 Å². The molecule has 2 aliphatic heterocycles. The summed E-state index contributed by atoms with van der Waals surface area (Å²) >= 11 is 0. The highest BCUT2D eigenvalue weighted by molar-refractivity contribution is 5.69. The maximum atomic E-state index is 13.5. The molecule has 0 bridgehead atoms. The molecular formula is C21H30F2N2O5. The average molecular weight is 428 g/mol. The summed E-state index contributed by atoms with van der Waals surface area (Å²) in [6, 6.07) is 1.51. The molecule has 1 amide bonds. The van der Waals surface area contributed by atoms with Gasteiger partial charge in [0.15, 0.2) is 5.79 Å². The number of ether oxygens (including phenoxy) is 3. The Morgan fingerprint density at radius 1 is 1.30 bits per heavy atom. The zero-order valence-electron chi connectivity index (χ0n) is 17.6. The second-order valence-electron chi connectivity index (χ2n) is 8.94. The number of rotatable bonds is 4.